The molecule has 0 aromatic carbocycles. The molecular formula is C19H26N6O10S2. The second kappa shape index (κ2) is 11.5. The van der Waals surface area contributed by atoms with E-state index in [2.05, 4.69) is 33.6 Å². The maximum atomic E-state index is 12.9. The first kappa shape index (κ1) is 29.5. The summed E-state index contributed by atoms with van der Waals surface area (Å²) in [5, 5.41) is 26.9. The number of aromatic hydroxyl groups is 1. The van der Waals surface area contributed by atoms with Crippen LogP contribution < -0.4 is 16.5 Å². The summed E-state index contributed by atoms with van der Waals surface area (Å²) in [5.74, 6) is -2.63. The Balaban J connectivity index is 0.00000153. The van der Waals surface area contributed by atoms with Gasteiger partial charge in [0.05, 0.1) is 11.7 Å². The van der Waals surface area contributed by atoms with Gasteiger partial charge in [-0.15, -0.1) is 15.6 Å². The zero-order valence-electron chi connectivity index (χ0n) is 20.1. The quantitative estimate of drug-likeness (QED) is 0.0940. The summed E-state index contributed by atoms with van der Waals surface area (Å²) in [7, 11) is -4.98. The van der Waals surface area contributed by atoms with Gasteiger partial charge in [-0.3, -0.25) is 18.9 Å². The number of aromatic nitrogens is 2. The summed E-state index contributed by atoms with van der Waals surface area (Å²) in [6.45, 7) is 6.47. The van der Waals surface area contributed by atoms with E-state index in [1.807, 2.05) is 0 Å². The summed E-state index contributed by atoms with van der Waals surface area (Å²) < 4.78 is 35.3. The molecule has 0 saturated carbocycles. The van der Waals surface area contributed by atoms with Gasteiger partial charge in [0.25, 0.3) is 11.8 Å². The van der Waals surface area contributed by atoms with Crippen LogP contribution in [0.4, 0.5) is 5.13 Å². The van der Waals surface area contributed by atoms with Gasteiger partial charge in [-0.1, -0.05) is 25.4 Å². The van der Waals surface area contributed by atoms with Crippen LogP contribution in [0, 0.1) is 0 Å². The number of thiazole rings is 1. The molecule has 1 aliphatic rings. The van der Waals surface area contributed by atoms with Crippen LogP contribution >= 0.6 is 11.3 Å². The number of pyridine rings is 1. The maximum Gasteiger partial charge on any atom is 0.418 e. The average molecular weight is 563 g/mol. The molecular weight excluding hydrogens is 536 g/mol. The smallest absolute Gasteiger partial charge is 0.418 e. The molecule has 204 valence electrons. The Labute approximate surface area is 214 Å². The number of β-lactam (4-membered cyclic amide) rings is 1. The van der Waals surface area contributed by atoms with Crippen molar-refractivity contribution in [3.8, 4) is 5.75 Å². The Morgan fingerprint density at radius 2 is 1.97 bits per heavy atom. The van der Waals surface area contributed by atoms with Gasteiger partial charge < -0.3 is 26.2 Å². The van der Waals surface area contributed by atoms with E-state index in [0.29, 0.717) is 9.79 Å². The van der Waals surface area contributed by atoms with Crippen LogP contribution in [0.15, 0.2) is 27.6 Å². The molecule has 16 nitrogen and oxygen atoms in total. The second-order valence-electron chi connectivity index (χ2n) is 8.05. The van der Waals surface area contributed by atoms with Gasteiger partial charge in [-0.2, -0.15) is 18.2 Å². The van der Waals surface area contributed by atoms with Crippen molar-refractivity contribution in [1.82, 2.24) is 20.1 Å². The number of rotatable bonds is 8. The van der Waals surface area contributed by atoms with E-state index >= 15 is 0 Å². The lowest BCUT2D eigenvalue weighted by Crippen LogP contribution is -2.76. The van der Waals surface area contributed by atoms with Crippen LogP contribution in [0.1, 0.15) is 45.5 Å². The number of nitrogens with one attached hydrogen (secondary N) is 1. The number of hydrogen-bond donors (Lipinski definition) is 5. The number of nitrogens with zero attached hydrogens (tertiary/aromatic N) is 4. The van der Waals surface area contributed by atoms with Crippen molar-refractivity contribution in [2.45, 2.75) is 52.3 Å². The molecule has 1 unspecified atom stereocenters. The predicted molar refractivity (Wildman–Crippen MR) is 129 cm³/mol. The van der Waals surface area contributed by atoms with E-state index < -0.39 is 57.3 Å². The molecule has 0 spiro atoms. The van der Waals surface area contributed by atoms with Gasteiger partial charge in [0, 0.05) is 11.4 Å². The fourth-order valence-electron chi connectivity index (χ4n) is 2.84. The zero-order chi connectivity index (χ0) is 28.1. The van der Waals surface area contributed by atoms with E-state index in [0.717, 1.165) is 23.6 Å². The van der Waals surface area contributed by atoms with Crippen LogP contribution in [-0.2, 0) is 35.7 Å². The van der Waals surface area contributed by atoms with Crippen LogP contribution in [0.3, 0.4) is 0 Å². The largest absolute Gasteiger partial charge is 0.503 e. The number of carbonyl (C=O) groups is 2. The standard InChI is InChI=1S/C16H18N6O10S2.C3H8/c1-16(2)12(14(26)22(16)32-34(28,29)30)19-13(25)11(8-6-33-15(17)18-8)20-31-5-7-3-9(23)10(24)4-21(7)27;1-3-2/h3-4,6,12,24,27H,5H2,1-2H3,(H2,17,18)(H,19,25)(H,28,29,30);3H2,1-2H3/b20-11-;. The fourth-order valence-corrected chi connectivity index (χ4v) is 3.85. The molecule has 6 N–H and O–H groups in total. The molecule has 0 radical (unpaired) electrons. The van der Waals surface area contributed by atoms with Gasteiger partial charge in [0.2, 0.25) is 5.43 Å². The van der Waals surface area contributed by atoms with E-state index in [9.17, 15) is 33.1 Å². The molecule has 0 bridgehead atoms. The average Bonchev–Trinajstić information content (AvgIpc) is 3.22. The minimum atomic E-state index is -4.98. The van der Waals surface area contributed by atoms with Crippen LogP contribution in [0.5, 0.6) is 5.75 Å². The Morgan fingerprint density at radius 1 is 1.35 bits per heavy atom. The van der Waals surface area contributed by atoms with Crippen LogP contribution in [0.25, 0.3) is 0 Å². The monoisotopic (exact) mass is 562 g/mol. The highest BCUT2D eigenvalue weighted by atomic mass is 32.3. The Bertz CT molecular complexity index is 1350. The molecule has 3 heterocycles. The lowest BCUT2D eigenvalue weighted by molar-refractivity contribution is -0.218. The lowest BCUT2D eigenvalue weighted by atomic mass is 9.84. The number of carbonyl (C=O) groups excluding carboxylic acids is 2. The predicted octanol–water partition coefficient (Wildman–Crippen LogP) is 0.00710. The summed E-state index contributed by atoms with van der Waals surface area (Å²) in [4.78, 5) is 45.7. The van der Waals surface area contributed by atoms with Crippen LogP contribution in [-0.4, -0.2) is 67.2 Å². The number of amides is 2. The molecule has 18 heteroatoms. The van der Waals surface area contributed by atoms with Crippen molar-refractivity contribution < 1.29 is 42.0 Å². The highest BCUT2D eigenvalue weighted by Crippen LogP contribution is 2.32. The number of hydrogen-bond acceptors (Lipinski definition) is 13. The summed E-state index contributed by atoms with van der Waals surface area (Å²) in [5.41, 5.74) is 2.85. The molecule has 2 aromatic heterocycles. The Kier molecular flexibility index (Phi) is 9.20. The Hall–Kier alpha value is -3.74. The number of nitrogen functional groups attached to an aromatic ring is 1. The van der Waals surface area contributed by atoms with Gasteiger partial charge in [0.15, 0.2) is 23.2 Å². The second-order valence-corrected chi connectivity index (χ2v) is 9.94. The molecule has 1 fully saturated rings. The first-order valence-corrected chi connectivity index (χ1v) is 12.7. The van der Waals surface area contributed by atoms with Gasteiger partial charge in [0.1, 0.15) is 17.4 Å². The maximum absolute atomic E-state index is 12.9. The molecule has 1 aliphatic heterocycles. The lowest BCUT2D eigenvalue weighted by Gasteiger charge is -2.50. The topological polar surface area (TPSA) is 236 Å². The minimum absolute atomic E-state index is 0.0253. The van der Waals surface area contributed by atoms with Crippen LogP contribution in [0.2, 0.25) is 0 Å². The van der Waals surface area contributed by atoms with Crippen molar-refractivity contribution in [3.05, 3.63) is 39.3 Å². The molecule has 37 heavy (non-hydrogen) atoms. The molecule has 0 aliphatic carbocycles. The first-order valence-electron chi connectivity index (χ1n) is 10.5. The first-order chi connectivity index (χ1) is 17.1. The van der Waals surface area contributed by atoms with Crippen molar-refractivity contribution >= 4 is 44.4 Å². The number of hydroxylamine groups is 2. The minimum Gasteiger partial charge on any atom is -0.503 e. The summed E-state index contributed by atoms with van der Waals surface area (Å²) in [6, 6.07) is -0.396. The third-order valence-corrected chi connectivity index (χ3v) is 5.57. The third kappa shape index (κ3) is 7.15. The number of anilines is 1. The van der Waals surface area contributed by atoms with E-state index in [-0.39, 0.29) is 16.5 Å². The fraction of sp³-hybridized carbons (Fsp3) is 0.421. The number of oxime groups is 1. The van der Waals surface area contributed by atoms with Gasteiger partial charge >= 0.3 is 10.4 Å². The molecule has 3 rings (SSSR count). The van der Waals surface area contributed by atoms with Crippen molar-refractivity contribution in [1.29, 1.82) is 0 Å². The van der Waals surface area contributed by atoms with Gasteiger partial charge in [-0.05, 0) is 13.8 Å². The highest BCUT2D eigenvalue weighted by molar-refractivity contribution is 7.80. The summed E-state index contributed by atoms with van der Waals surface area (Å²) >= 11 is 0.979. The Morgan fingerprint density at radius 3 is 2.49 bits per heavy atom. The molecule has 1 saturated heterocycles. The van der Waals surface area contributed by atoms with E-state index in [1.54, 1.807) is 0 Å². The normalized spacial score (nSPS) is 16.9. The van der Waals surface area contributed by atoms with Gasteiger partial charge in [-0.25, -0.2) is 4.98 Å². The van der Waals surface area contributed by atoms with E-state index in [1.165, 1.54) is 25.6 Å². The zero-order valence-corrected chi connectivity index (χ0v) is 21.7. The SMILES string of the molecule is CC1(C)C(NC(=O)/C(=N\OCc2cc(=O)c(O)cn2O)c2csc(N)n2)C(=O)N1OS(=O)(=O)O.CCC. The summed E-state index contributed by atoms with van der Waals surface area (Å²) in [6.07, 6.45) is 1.99. The molecule has 1 atom stereocenters. The molecule has 2 aromatic rings. The third-order valence-electron chi connectivity index (χ3n) is 4.56. The van der Waals surface area contributed by atoms with E-state index in [4.69, 9.17) is 15.1 Å². The van der Waals surface area contributed by atoms with Crippen molar-refractivity contribution in [3.63, 3.8) is 0 Å². The van der Waals surface area contributed by atoms with Crippen molar-refractivity contribution in [2.24, 2.45) is 5.16 Å². The van der Waals surface area contributed by atoms with Crippen molar-refractivity contribution in [2.75, 3.05) is 5.73 Å². The molecule has 2 amide bonds. The number of nitrogens with two attached hydrogens (primary N) is 1. The highest BCUT2D eigenvalue weighted by Gasteiger charge is 2.58.